The maximum Gasteiger partial charge on any atom is 0.227 e. The zero-order valence-corrected chi connectivity index (χ0v) is 16.9. The molecule has 1 aliphatic heterocycles. The molecule has 1 aromatic carbocycles. The average Bonchev–Trinajstić information content (AvgIpc) is 3.08. The first kappa shape index (κ1) is 19.5. The van der Waals surface area contributed by atoms with Crippen LogP contribution >= 0.6 is 11.3 Å². The number of aromatic nitrogens is 1. The molecule has 0 N–H and O–H groups in total. The molecule has 2 amide bonds. The van der Waals surface area contributed by atoms with E-state index in [2.05, 4.69) is 17.1 Å². The van der Waals surface area contributed by atoms with Gasteiger partial charge in [-0.05, 0) is 31.7 Å². The van der Waals surface area contributed by atoms with Gasteiger partial charge in [0.2, 0.25) is 11.8 Å². The number of hydrogen-bond donors (Lipinski definition) is 0. The van der Waals surface area contributed by atoms with Gasteiger partial charge in [-0.2, -0.15) is 0 Å². The fourth-order valence-electron chi connectivity index (χ4n) is 3.56. The number of hydrogen-bond acceptors (Lipinski definition) is 4. The number of nitrogens with zero attached hydrogens (tertiary/aromatic N) is 3. The molecule has 6 heteroatoms. The highest BCUT2D eigenvalue weighted by Crippen LogP contribution is 2.21. The zero-order chi connectivity index (χ0) is 19.2. The van der Waals surface area contributed by atoms with Gasteiger partial charge in [-0.1, -0.05) is 30.3 Å². The highest BCUT2D eigenvalue weighted by atomic mass is 32.1. The summed E-state index contributed by atoms with van der Waals surface area (Å²) in [7, 11) is 1.83. The number of benzene rings is 1. The van der Waals surface area contributed by atoms with Crippen molar-refractivity contribution in [2.45, 2.75) is 39.2 Å². The van der Waals surface area contributed by atoms with Crippen molar-refractivity contribution in [1.82, 2.24) is 14.8 Å². The topological polar surface area (TPSA) is 53.5 Å². The van der Waals surface area contributed by atoms with Gasteiger partial charge in [-0.3, -0.25) is 9.59 Å². The number of piperidine rings is 1. The third-order valence-electron chi connectivity index (χ3n) is 5.03. The summed E-state index contributed by atoms with van der Waals surface area (Å²) in [6.07, 6.45) is 2.98. The van der Waals surface area contributed by atoms with Gasteiger partial charge in [0.05, 0.1) is 23.2 Å². The molecule has 0 spiro atoms. The molecule has 0 saturated carbocycles. The summed E-state index contributed by atoms with van der Waals surface area (Å²) in [6, 6.07) is 10.3. The van der Waals surface area contributed by atoms with Crippen molar-refractivity contribution in [3.05, 3.63) is 52.0 Å². The van der Waals surface area contributed by atoms with E-state index in [4.69, 9.17) is 0 Å². The molecule has 1 fully saturated rings. The van der Waals surface area contributed by atoms with Crippen LogP contribution in [0, 0.1) is 12.8 Å². The number of carbonyl (C=O) groups is 2. The Morgan fingerprint density at radius 2 is 2.11 bits per heavy atom. The predicted octanol–water partition coefficient (Wildman–Crippen LogP) is 3.28. The van der Waals surface area contributed by atoms with Crippen LogP contribution < -0.4 is 0 Å². The molecule has 1 unspecified atom stereocenters. The van der Waals surface area contributed by atoms with Crippen molar-refractivity contribution in [2.75, 3.05) is 20.1 Å². The molecular formula is C21H27N3O2S. The third-order valence-corrected chi connectivity index (χ3v) is 5.85. The Morgan fingerprint density at radius 1 is 1.33 bits per heavy atom. The lowest BCUT2D eigenvalue weighted by atomic mass is 9.95. The molecule has 2 aromatic rings. The van der Waals surface area contributed by atoms with E-state index in [-0.39, 0.29) is 17.7 Å². The van der Waals surface area contributed by atoms with Crippen molar-refractivity contribution >= 4 is 23.2 Å². The van der Waals surface area contributed by atoms with Crippen molar-refractivity contribution < 1.29 is 9.59 Å². The average molecular weight is 386 g/mol. The van der Waals surface area contributed by atoms with Crippen LogP contribution in [0.1, 0.15) is 35.5 Å². The SMILES string of the molecule is Cc1nc(CN(C)C(=O)C2CCC(=O)N(CCCc3ccccc3)C2)cs1. The number of rotatable bonds is 7. The predicted molar refractivity (Wildman–Crippen MR) is 107 cm³/mol. The summed E-state index contributed by atoms with van der Waals surface area (Å²) in [5, 5.41) is 3.01. The van der Waals surface area contributed by atoms with Gasteiger partial charge < -0.3 is 9.80 Å². The van der Waals surface area contributed by atoms with E-state index < -0.39 is 0 Å². The molecule has 1 aliphatic rings. The van der Waals surface area contributed by atoms with E-state index in [9.17, 15) is 9.59 Å². The summed E-state index contributed by atoms with van der Waals surface area (Å²) >= 11 is 1.60. The molecule has 2 heterocycles. The van der Waals surface area contributed by atoms with Crippen LogP contribution in [0.4, 0.5) is 0 Å². The summed E-state index contributed by atoms with van der Waals surface area (Å²) in [4.78, 5) is 33.1. The van der Waals surface area contributed by atoms with Crippen LogP contribution in [0.15, 0.2) is 35.7 Å². The lowest BCUT2D eigenvalue weighted by molar-refractivity contribution is -0.142. The number of thiazole rings is 1. The molecule has 0 bridgehead atoms. The smallest absolute Gasteiger partial charge is 0.227 e. The van der Waals surface area contributed by atoms with Gasteiger partial charge in [0.25, 0.3) is 0 Å². The van der Waals surface area contributed by atoms with E-state index >= 15 is 0 Å². The monoisotopic (exact) mass is 385 g/mol. The highest BCUT2D eigenvalue weighted by Gasteiger charge is 2.31. The van der Waals surface area contributed by atoms with Gasteiger partial charge >= 0.3 is 0 Å². The molecule has 0 aliphatic carbocycles. The summed E-state index contributed by atoms with van der Waals surface area (Å²) in [5.74, 6) is 0.176. The van der Waals surface area contributed by atoms with Crippen LogP contribution in [0.3, 0.4) is 0 Å². The molecule has 27 heavy (non-hydrogen) atoms. The second-order valence-electron chi connectivity index (χ2n) is 7.22. The molecule has 144 valence electrons. The normalized spacial score (nSPS) is 17.2. The summed E-state index contributed by atoms with van der Waals surface area (Å²) < 4.78 is 0. The van der Waals surface area contributed by atoms with Crippen molar-refractivity contribution in [1.29, 1.82) is 0 Å². The maximum absolute atomic E-state index is 12.8. The fraction of sp³-hybridized carbons (Fsp3) is 0.476. The molecule has 1 aromatic heterocycles. The molecule has 1 atom stereocenters. The van der Waals surface area contributed by atoms with E-state index in [1.807, 2.05) is 42.5 Å². The van der Waals surface area contributed by atoms with Crippen LogP contribution in [0.2, 0.25) is 0 Å². The van der Waals surface area contributed by atoms with Gasteiger partial charge in [0.1, 0.15) is 0 Å². The second kappa shape index (κ2) is 9.13. The number of carbonyl (C=O) groups excluding carboxylic acids is 2. The molecule has 3 rings (SSSR count). The first-order valence-corrected chi connectivity index (χ1v) is 10.4. The first-order chi connectivity index (χ1) is 13.0. The third kappa shape index (κ3) is 5.39. The molecular weight excluding hydrogens is 358 g/mol. The van der Waals surface area contributed by atoms with Crippen LogP contribution in [-0.2, 0) is 22.6 Å². The van der Waals surface area contributed by atoms with E-state index in [0.29, 0.717) is 32.5 Å². The number of likely N-dealkylation sites (tertiary alicyclic amines) is 1. The standard InChI is InChI=1S/C21H27N3O2S/c1-16-22-19(15-27-16)14-23(2)21(26)18-10-11-20(25)24(13-18)12-6-9-17-7-4-3-5-8-17/h3-5,7-8,15,18H,6,9-14H2,1-2H3. The maximum atomic E-state index is 12.8. The summed E-state index contributed by atoms with van der Waals surface area (Å²) in [5.41, 5.74) is 2.22. The zero-order valence-electron chi connectivity index (χ0n) is 16.1. The number of amides is 2. The second-order valence-corrected chi connectivity index (χ2v) is 8.28. The Hall–Kier alpha value is -2.21. The van der Waals surface area contributed by atoms with E-state index in [0.717, 1.165) is 23.5 Å². The fourth-order valence-corrected chi connectivity index (χ4v) is 4.17. The van der Waals surface area contributed by atoms with Gasteiger partial charge in [0, 0.05) is 31.9 Å². The van der Waals surface area contributed by atoms with Crippen LogP contribution in [-0.4, -0.2) is 46.7 Å². The Bertz CT molecular complexity index is 775. The Labute approximate surface area is 165 Å². The Balaban J connectivity index is 1.50. The summed E-state index contributed by atoms with van der Waals surface area (Å²) in [6.45, 7) is 3.75. The Kier molecular flexibility index (Phi) is 6.61. The van der Waals surface area contributed by atoms with Gasteiger partial charge in [0.15, 0.2) is 0 Å². The van der Waals surface area contributed by atoms with Gasteiger partial charge in [-0.15, -0.1) is 11.3 Å². The minimum absolute atomic E-state index is 0.107. The highest BCUT2D eigenvalue weighted by molar-refractivity contribution is 7.09. The minimum Gasteiger partial charge on any atom is -0.342 e. The number of aryl methyl sites for hydroxylation is 2. The molecule has 0 radical (unpaired) electrons. The van der Waals surface area contributed by atoms with Crippen molar-refractivity contribution in [3.8, 4) is 0 Å². The van der Waals surface area contributed by atoms with Crippen LogP contribution in [0.5, 0.6) is 0 Å². The van der Waals surface area contributed by atoms with E-state index in [1.165, 1.54) is 5.56 Å². The van der Waals surface area contributed by atoms with Crippen LogP contribution in [0.25, 0.3) is 0 Å². The van der Waals surface area contributed by atoms with Gasteiger partial charge in [-0.25, -0.2) is 4.98 Å². The largest absolute Gasteiger partial charge is 0.342 e. The van der Waals surface area contributed by atoms with Crippen molar-refractivity contribution in [2.24, 2.45) is 5.92 Å². The first-order valence-electron chi connectivity index (χ1n) is 9.50. The lowest BCUT2D eigenvalue weighted by Gasteiger charge is -2.33. The molecule has 5 nitrogen and oxygen atoms in total. The molecule has 1 saturated heterocycles. The Morgan fingerprint density at radius 3 is 2.81 bits per heavy atom. The van der Waals surface area contributed by atoms with E-state index in [1.54, 1.807) is 16.2 Å². The van der Waals surface area contributed by atoms with Crippen molar-refractivity contribution in [3.63, 3.8) is 0 Å². The minimum atomic E-state index is -0.107. The quantitative estimate of drug-likeness (QED) is 0.735. The lowest BCUT2D eigenvalue weighted by Crippen LogP contribution is -2.46.